The molecule has 3 aromatic rings. The van der Waals surface area contributed by atoms with Gasteiger partial charge in [0.1, 0.15) is 6.04 Å². The van der Waals surface area contributed by atoms with Crippen LogP contribution in [0.5, 0.6) is 0 Å². The second-order valence-corrected chi connectivity index (χ2v) is 9.08. The van der Waals surface area contributed by atoms with E-state index in [0.717, 1.165) is 17.5 Å². The topological polar surface area (TPSA) is 69.0 Å². The van der Waals surface area contributed by atoms with Crippen LogP contribution in [0.1, 0.15) is 37.4 Å². The van der Waals surface area contributed by atoms with Gasteiger partial charge in [-0.3, -0.25) is 0 Å². The van der Waals surface area contributed by atoms with Gasteiger partial charge in [0.25, 0.3) is 0 Å². The number of hydrogen-bond acceptors (Lipinski definition) is 6. The predicted molar refractivity (Wildman–Crippen MR) is 128 cm³/mol. The summed E-state index contributed by atoms with van der Waals surface area (Å²) in [5.74, 6) is 0.825. The summed E-state index contributed by atoms with van der Waals surface area (Å²) in [4.78, 5) is 17.6. The number of fused-ring (bicyclic) bond motifs is 1. The maximum atomic E-state index is 13.0. The fraction of sp³-hybridized carbons (Fsp3) is 0.261. The Morgan fingerprint density at radius 1 is 1.19 bits per heavy atom. The molecular formula is C23H22Cl2N4O2S. The molecule has 1 N–H and O–H groups in total. The Kier molecular flexibility index (Phi) is 7.08. The van der Waals surface area contributed by atoms with Crippen LogP contribution in [0, 0.1) is 0 Å². The minimum atomic E-state index is -0.477. The monoisotopic (exact) mass is 488 g/mol. The summed E-state index contributed by atoms with van der Waals surface area (Å²) in [5.41, 5.74) is 3.06. The number of carbonyl (C=O) groups excluding carboxylic acids is 1. The first-order valence-electron chi connectivity index (χ1n) is 10.2. The average Bonchev–Trinajstić information content (AvgIpc) is 3.19. The molecule has 6 nitrogen and oxygen atoms in total. The molecule has 0 saturated heterocycles. The number of benzene rings is 2. The van der Waals surface area contributed by atoms with Crippen LogP contribution in [0.15, 0.2) is 65.0 Å². The maximum Gasteiger partial charge on any atom is 0.338 e. The molecule has 0 aliphatic carbocycles. The number of nitrogens with zero attached hydrogens (tertiary/aromatic N) is 3. The molecule has 2 heterocycles. The van der Waals surface area contributed by atoms with Crippen LogP contribution in [0.25, 0.3) is 0 Å². The van der Waals surface area contributed by atoms with Gasteiger partial charge in [0.15, 0.2) is 0 Å². The van der Waals surface area contributed by atoms with E-state index in [4.69, 9.17) is 33.0 Å². The average molecular weight is 489 g/mol. The van der Waals surface area contributed by atoms with Crippen molar-refractivity contribution in [2.24, 2.45) is 0 Å². The zero-order chi connectivity index (χ0) is 22.7. The SMILES string of the molecule is CCCOC(=O)C1=C(C)Nc2nc(SCc3ccccc3Cl)nn2C1c1ccc(Cl)cc1. The van der Waals surface area contributed by atoms with Gasteiger partial charge in [-0.15, -0.1) is 5.10 Å². The van der Waals surface area contributed by atoms with Gasteiger partial charge >= 0.3 is 5.97 Å². The number of hydrogen-bond donors (Lipinski definition) is 1. The molecule has 1 aromatic heterocycles. The van der Waals surface area contributed by atoms with E-state index in [1.807, 2.05) is 50.2 Å². The first kappa shape index (κ1) is 22.7. The summed E-state index contributed by atoms with van der Waals surface area (Å²) in [5, 5.41) is 9.83. The van der Waals surface area contributed by atoms with E-state index in [-0.39, 0.29) is 5.97 Å². The summed E-state index contributed by atoms with van der Waals surface area (Å²) in [6.45, 7) is 4.16. The molecule has 0 spiro atoms. The minimum absolute atomic E-state index is 0.353. The molecule has 2 aromatic carbocycles. The summed E-state index contributed by atoms with van der Waals surface area (Å²) < 4.78 is 7.20. The van der Waals surface area contributed by atoms with Crippen molar-refractivity contribution in [3.63, 3.8) is 0 Å². The lowest BCUT2D eigenvalue weighted by molar-refractivity contribution is -0.139. The van der Waals surface area contributed by atoms with E-state index in [0.29, 0.717) is 44.8 Å². The molecule has 0 amide bonds. The van der Waals surface area contributed by atoms with Gasteiger partial charge < -0.3 is 10.1 Å². The van der Waals surface area contributed by atoms with Gasteiger partial charge in [0.2, 0.25) is 11.1 Å². The van der Waals surface area contributed by atoms with Gasteiger partial charge in [-0.05, 0) is 42.7 Å². The van der Waals surface area contributed by atoms with Gasteiger partial charge in [-0.25, -0.2) is 9.48 Å². The van der Waals surface area contributed by atoms with Gasteiger partial charge in [0, 0.05) is 21.5 Å². The highest BCUT2D eigenvalue weighted by Gasteiger charge is 2.35. The molecule has 1 unspecified atom stereocenters. The van der Waals surface area contributed by atoms with Crippen molar-refractivity contribution < 1.29 is 9.53 Å². The molecule has 1 aliphatic rings. The predicted octanol–water partition coefficient (Wildman–Crippen LogP) is 6.12. The molecule has 0 fully saturated rings. The van der Waals surface area contributed by atoms with E-state index in [2.05, 4.69) is 10.3 Å². The molecule has 32 heavy (non-hydrogen) atoms. The van der Waals surface area contributed by atoms with E-state index in [1.165, 1.54) is 11.8 Å². The number of nitrogens with one attached hydrogen (secondary N) is 1. The molecule has 9 heteroatoms. The fourth-order valence-corrected chi connectivity index (χ4v) is 4.68. The van der Waals surface area contributed by atoms with Crippen LogP contribution in [-0.2, 0) is 15.3 Å². The van der Waals surface area contributed by atoms with Crippen LogP contribution in [0.2, 0.25) is 10.0 Å². The van der Waals surface area contributed by atoms with Crippen LogP contribution in [-0.4, -0.2) is 27.3 Å². The lowest BCUT2D eigenvalue weighted by Crippen LogP contribution is -2.29. The molecule has 0 saturated carbocycles. The van der Waals surface area contributed by atoms with Crippen LogP contribution < -0.4 is 5.32 Å². The summed E-state index contributed by atoms with van der Waals surface area (Å²) >= 11 is 13.9. The van der Waals surface area contributed by atoms with Crippen molar-refractivity contribution >= 4 is 46.9 Å². The Morgan fingerprint density at radius 3 is 2.66 bits per heavy atom. The number of ether oxygens (including phenoxy) is 1. The first-order chi connectivity index (χ1) is 15.5. The second-order valence-electron chi connectivity index (χ2n) is 7.30. The lowest BCUT2D eigenvalue weighted by atomic mass is 9.96. The molecule has 1 aliphatic heterocycles. The fourth-order valence-electron chi connectivity index (χ4n) is 3.44. The molecule has 4 rings (SSSR count). The Labute approximate surface area is 201 Å². The van der Waals surface area contributed by atoms with Crippen molar-refractivity contribution in [1.29, 1.82) is 0 Å². The van der Waals surface area contributed by atoms with Crippen molar-refractivity contribution in [3.05, 3.63) is 81.0 Å². The van der Waals surface area contributed by atoms with E-state index >= 15 is 0 Å². The third-order valence-corrected chi connectivity index (χ3v) is 6.50. The summed E-state index contributed by atoms with van der Waals surface area (Å²) in [6.07, 6.45) is 0.745. The first-order valence-corrected chi connectivity index (χ1v) is 11.9. The number of esters is 1. The summed E-state index contributed by atoms with van der Waals surface area (Å²) in [7, 11) is 0. The summed E-state index contributed by atoms with van der Waals surface area (Å²) in [6, 6.07) is 14.6. The number of carbonyl (C=O) groups is 1. The lowest BCUT2D eigenvalue weighted by Gasteiger charge is -2.28. The maximum absolute atomic E-state index is 13.0. The van der Waals surface area contributed by atoms with Crippen molar-refractivity contribution in [3.8, 4) is 0 Å². The van der Waals surface area contributed by atoms with Crippen LogP contribution >= 0.6 is 35.0 Å². The molecule has 0 bridgehead atoms. The Morgan fingerprint density at radius 2 is 1.94 bits per heavy atom. The highest BCUT2D eigenvalue weighted by Crippen LogP contribution is 2.37. The number of allylic oxidation sites excluding steroid dienone is 1. The van der Waals surface area contributed by atoms with Gasteiger partial charge in [0.05, 0.1) is 12.2 Å². The second kappa shape index (κ2) is 9.98. The number of halogens is 2. The molecule has 166 valence electrons. The number of thioether (sulfide) groups is 1. The normalized spacial score (nSPS) is 15.3. The quantitative estimate of drug-likeness (QED) is 0.319. The van der Waals surface area contributed by atoms with Gasteiger partial charge in [-0.2, -0.15) is 4.98 Å². The Balaban J connectivity index is 1.68. The third-order valence-electron chi connectivity index (χ3n) is 4.99. The van der Waals surface area contributed by atoms with E-state index in [1.54, 1.807) is 16.8 Å². The zero-order valence-electron chi connectivity index (χ0n) is 17.6. The zero-order valence-corrected chi connectivity index (χ0v) is 20.0. The Bertz CT molecular complexity index is 1160. The number of aromatic nitrogens is 3. The molecule has 1 atom stereocenters. The van der Waals surface area contributed by atoms with Crippen LogP contribution in [0.3, 0.4) is 0 Å². The Hall–Kier alpha value is -2.48. The number of anilines is 1. The standard InChI is InChI=1S/C23H22Cl2N4O2S/c1-3-12-31-21(30)19-14(2)26-22-27-23(32-13-16-6-4-5-7-18(16)25)28-29(22)20(19)15-8-10-17(24)11-9-15/h4-11,20H,3,12-13H2,1-2H3,(H,26,27,28). The van der Waals surface area contributed by atoms with Crippen molar-refractivity contribution in [2.45, 2.75) is 37.2 Å². The van der Waals surface area contributed by atoms with E-state index < -0.39 is 6.04 Å². The van der Waals surface area contributed by atoms with Crippen molar-refractivity contribution in [1.82, 2.24) is 14.8 Å². The number of rotatable bonds is 7. The van der Waals surface area contributed by atoms with Gasteiger partial charge in [-0.1, -0.05) is 72.2 Å². The molecular weight excluding hydrogens is 467 g/mol. The minimum Gasteiger partial charge on any atom is -0.462 e. The highest BCUT2D eigenvalue weighted by molar-refractivity contribution is 7.98. The third kappa shape index (κ3) is 4.80. The largest absolute Gasteiger partial charge is 0.462 e. The smallest absolute Gasteiger partial charge is 0.338 e. The molecule has 0 radical (unpaired) electrons. The highest BCUT2D eigenvalue weighted by atomic mass is 35.5. The van der Waals surface area contributed by atoms with E-state index in [9.17, 15) is 4.79 Å². The van der Waals surface area contributed by atoms with Crippen LogP contribution in [0.4, 0.5) is 5.95 Å². The van der Waals surface area contributed by atoms with Crippen molar-refractivity contribution in [2.75, 3.05) is 11.9 Å².